The number of benzene rings is 1. The minimum absolute atomic E-state index is 0.0722. The molecule has 4 heteroatoms. The van der Waals surface area contributed by atoms with Crippen LogP contribution in [0, 0.1) is 0 Å². The maximum absolute atomic E-state index is 11.6. The third-order valence-electron chi connectivity index (χ3n) is 2.31. The van der Waals surface area contributed by atoms with E-state index in [1.165, 1.54) is 0 Å². The van der Waals surface area contributed by atoms with Crippen LogP contribution in [0.3, 0.4) is 0 Å². The van der Waals surface area contributed by atoms with E-state index >= 15 is 0 Å². The maximum atomic E-state index is 11.6. The molecule has 1 aromatic rings. The Hall–Kier alpha value is -1.68. The smallest absolute Gasteiger partial charge is 0.313 e. The molecule has 1 rings (SSSR count). The second-order valence-electron chi connectivity index (χ2n) is 4.38. The number of aliphatic hydroxyl groups excluding tert-OH is 1. The monoisotopic (exact) mass is 250 g/mol. The Labute approximate surface area is 107 Å². The van der Waals surface area contributed by atoms with Crippen LogP contribution in [0.5, 0.6) is 0 Å². The zero-order chi connectivity index (χ0) is 13.5. The van der Waals surface area contributed by atoms with E-state index in [9.17, 15) is 14.7 Å². The van der Waals surface area contributed by atoms with Gasteiger partial charge in [-0.1, -0.05) is 30.3 Å². The molecule has 1 N–H and O–H groups in total. The average molecular weight is 250 g/mol. The molecule has 98 valence electrons. The minimum Gasteiger partial charge on any atom is -0.463 e. The van der Waals surface area contributed by atoms with Crippen molar-refractivity contribution < 1.29 is 19.4 Å². The molecule has 0 aromatic heterocycles. The molecule has 0 radical (unpaired) electrons. The Kier molecular flexibility index (Phi) is 5.52. The van der Waals surface area contributed by atoms with Crippen molar-refractivity contribution in [3.8, 4) is 0 Å². The highest BCUT2D eigenvalue weighted by molar-refractivity contribution is 5.95. The van der Waals surface area contributed by atoms with Gasteiger partial charge in [-0.05, 0) is 19.4 Å². The van der Waals surface area contributed by atoms with Crippen molar-refractivity contribution in [1.29, 1.82) is 0 Å². The molecule has 4 nitrogen and oxygen atoms in total. The van der Waals surface area contributed by atoms with Crippen LogP contribution in [0.4, 0.5) is 0 Å². The second kappa shape index (κ2) is 6.91. The molecule has 0 saturated carbocycles. The highest BCUT2D eigenvalue weighted by atomic mass is 16.5. The Morgan fingerprint density at radius 3 is 2.39 bits per heavy atom. The number of ether oxygens (including phenoxy) is 1. The van der Waals surface area contributed by atoms with Crippen molar-refractivity contribution >= 4 is 11.8 Å². The van der Waals surface area contributed by atoms with Gasteiger partial charge in [0.2, 0.25) is 0 Å². The van der Waals surface area contributed by atoms with Crippen molar-refractivity contribution in [3.63, 3.8) is 0 Å². The fourth-order valence-electron chi connectivity index (χ4n) is 1.55. The first-order chi connectivity index (χ1) is 8.49. The number of hydrogen-bond acceptors (Lipinski definition) is 4. The molecule has 0 aliphatic rings. The fourth-order valence-corrected chi connectivity index (χ4v) is 1.55. The largest absolute Gasteiger partial charge is 0.463 e. The molecule has 0 heterocycles. The van der Waals surface area contributed by atoms with Crippen LogP contribution in [0.25, 0.3) is 0 Å². The van der Waals surface area contributed by atoms with E-state index in [4.69, 9.17) is 4.74 Å². The summed E-state index contributed by atoms with van der Waals surface area (Å²) in [6.07, 6.45) is -1.46. The lowest BCUT2D eigenvalue weighted by Crippen LogP contribution is -2.17. The van der Waals surface area contributed by atoms with Gasteiger partial charge in [0.05, 0.1) is 12.2 Å². The third kappa shape index (κ3) is 5.10. The van der Waals surface area contributed by atoms with Gasteiger partial charge in [-0.2, -0.15) is 0 Å². The summed E-state index contributed by atoms with van der Waals surface area (Å²) in [5, 5.41) is 9.81. The molecule has 0 fully saturated rings. The molecular weight excluding hydrogens is 232 g/mol. The Bertz CT molecular complexity index is 398. The molecule has 0 amide bonds. The Morgan fingerprint density at radius 1 is 1.22 bits per heavy atom. The molecule has 0 spiro atoms. The van der Waals surface area contributed by atoms with E-state index in [1.807, 2.05) is 6.07 Å². The van der Waals surface area contributed by atoms with Gasteiger partial charge in [-0.25, -0.2) is 0 Å². The molecule has 0 aliphatic carbocycles. The SMILES string of the molecule is CC(C)OC(=O)CC(=O)CC(O)c1ccccc1. The second-order valence-corrected chi connectivity index (χ2v) is 4.38. The lowest BCUT2D eigenvalue weighted by atomic mass is 10.0. The van der Waals surface area contributed by atoms with E-state index < -0.39 is 12.1 Å². The number of carbonyl (C=O) groups excluding carboxylic acids is 2. The molecule has 1 aromatic carbocycles. The molecule has 0 saturated heterocycles. The van der Waals surface area contributed by atoms with Gasteiger partial charge in [-0.15, -0.1) is 0 Å². The molecular formula is C14H18O4. The lowest BCUT2D eigenvalue weighted by Gasteiger charge is -2.10. The normalized spacial score (nSPS) is 12.2. The van der Waals surface area contributed by atoms with E-state index in [0.29, 0.717) is 5.56 Å². The van der Waals surface area contributed by atoms with Crippen molar-refractivity contribution in [2.75, 3.05) is 0 Å². The fraction of sp³-hybridized carbons (Fsp3) is 0.429. The van der Waals surface area contributed by atoms with Crippen LogP contribution in [0.15, 0.2) is 30.3 Å². The van der Waals surface area contributed by atoms with Crippen LogP contribution in [-0.2, 0) is 14.3 Å². The number of hydrogen-bond donors (Lipinski definition) is 1. The van der Waals surface area contributed by atoms with E-state index in [2.05, 4.69) is 0 Å². The zero-order valence-electron chi connectivity index (χ0n) is 10.6. The number of rotatable bonds is 6. The number of carbonyl (C=O) groups is 2. The average Bonchev–Trinajstić information content (AvgIpc) is 2.28. The predicted octanol–water partition coefficient (Wildman–Crippen LogP) is 2.02. The summed E-state index contributed by atoms with van der Waals surface area (Å²) >= 11 is 0. The highest BCUT2D eigenvalue weighted by Gasteiger charge is 2.17. The van der Waals surface area contributed by atoms with Gasteiger partial charge in [0, 0.05) is 6.42 Å². The first kappa shape index (κ1) is 14.4. The maximum Gasteiger partial charge on any atom is 0.313 e. The van der Waals surface area contributed by atoms with Gasteiger partial charge in [0.25, 0.3) is 0 Å². The van der Waals surface area contributed by atoms with Crippen LogP contribution in [0.2, 0.25) is 0 Å². The summed E-state index contributed by atoms with van der Waals surface area (Å²) < 4.78 is 4.87. The standard InChI is InChI=1S/C14H18O4/c1-10(2)18-14(17)9-12(15)8-13(16)11-6-4-3-5-7-11/h3-7,10,13,16H,8-9H2,1-2H3. The summed E-state index contributed by atoms with van der Waals surface area (Å²) in [5.74, 6) is -0.868. The van der Waals surface area contributed by atoms with Crippen molar-refractivity contribution in [1.82, 2.24) is 0 Å². The molecule has 1 unspecified atom stereocenters. The molecule has 0 aliphatic heterocycles. The van der Waals surface area contributed by atoms with Crippen LogP contribution >= 0.6 is 0 Å². The molecule has 0 bridgehead atoms. The number of esters is 1. The summed E-state index contributed by atoms with van der Waals surface area (Å²) in [7, 11) is 0. The third-order valence-corrected chi connectivity index (χ3v) is 2.31. The zero-order valence-corrected chi connectivity index (χ0v) is 10.6. The van der Waals surface area contributed by atoms with Crippen LogP contribution in [-0.4, -0.2) is 23.0 Å². The summed E-state index contributed by atoms with van der Waals surface area (Å²) in [6, 6.07) is 8.89. The number of aliphatic hydroxyl groups is 1. The predicted molar refractivity (Wildman–Crippen MR) is 66.9 cm³/mol. The Morgan fingerprint density at radius 2 is 1.83 bits per heavy atom. The molecule has 1 atom stereocenters. The summed E-state index contributed by atoms with van der Waals surface area (Å²) in [6.45, 7) is 3.45. The van der Waals surface area contributed by atoms with Gasteiger partial charge >= 0.3 is 5.97 Å². The summed E-state index contributed by atoms with van der Waals surface area (Å²) in [5.41, 5.74) is 0.670. The van der Waals surface area contributed by atoms with Gasteiger partial charge in [0.1, 0.15) is 12.2 Å². The van der Waals surface area contributed by atoms with E-state index in [0.717, 1.165) is 0 Å². The number of Topliss-reactive ketones (excluding diaryl/α,β-unsaturated/α-hetero) is 1. The van der Waals surface area contributed by atoms with Crippen molar-refractivity contribution in [2.24, 2.45) is 0 Å². The topological polar surface area (TPSA) is 63.6 Å². The first-order valence-electron chi connectivity index (χ1n) is 5.93. The van der Waals surface area contributed by atoms with Crippen LogP contribution < -0.4 is 0 Å². The quantitative estimate of drug-likeness (QED) is 0.619. The lowest BCUT2D eigenvalue weighted by molar-refractivity contribution is -0.149. The Balaban J connectivity index is 2.43. The number of ketones is 1. The van der Waals surface area contributed by atoms with Crippen molar-refractivity contribution in [3.05, 3.63) is 35.9 Å². The van der Waals surface area contributed by atoms with Gasteiger partial charge < -0.3 is 9.84 Å². The first-order valence-corrected chi connectivity index (χ1v) is 5.93. The van der Waals surface area contributed by atoms with E-state index in [1.54, 1.807) is 38.1 Å². The van der Waals surface area contributed by atoms with Gasteiger partial charge in [-0.3, -0.25) is 9.59 Å². The summed E-state index contributed by atoms with van der Waals surface area (Å²) in [4.78, 5) is 22.8. The van der Waals surface area contributed by atoms with E-state index in [-0.39, 0.29) is 24.7 Å². The van der Waals surface area contributed by atoms with Crippen molar-refractivity contribution in [2.45, 2.75) is 38.9 Å². The molecule has 18 heavy (non-hydrogen) atoms. The minimum atomic E-state index is -0.870. The highest BCUT2D eigenvalue weighted by Crippen LogP contribution is 2.17. The van der Waals surface area contributed by atoms with Crippen LogP contribution in [0.1, 0.15) is 38.4 Å². The van der Waals surface area contributed by atoms with Gasteiger partial charge in [0.15, 0.2) is 0 Å².